The first-order valence-electron chi connectivity index (χ1n) is 13.3. The number of carbonyl (C=O) groups is 1. The van der Waals surface area contributed by atoms with Crippen LogP contribution in [0.2, 0.25) is 0 Å². The van der Waals surface area contributed by atoms with Gasteiger partial charge in [0.1, 0.15) is 12.2 Å². The van der Waals surface area contributed by atoms with Crippen molar-refractivity contribution in [1.82, 2.24) is 28.9 Å². The molecule has 0 aromatic carbocycles. The van der Waals surface area contributed by atoms with E-state index in [0.717, 1.165) is 4.31 Å². The summed E-state index contributed by atoms with van der Waals surface area (Å²) >= 11 is 0. The van der Waals surface area contributed by atoms with E-state index in [4.69, 9.17) is 0 Å². The van der Waals surface area contributed by atoms with Crippen LogP contribution in [0.15, 0.2) is 36.7 Å². The first-order chi connectivity index (χ1) is 19.3. The third-order valence-electron chi connectivity index (χ3n) is 7.13. The van der Waals surface area contributed by atoms with E-state index in [1.165, 1.54) is 40.3 Å². The van der Waals surface area contributed by atoms with Crippen LogP contribution in [-0.4, -0.2) is 82.8 Å². The molecule has 3 aromatic heterocycles. The van der Waals surface area contributed by atoms with Gasteiger partial charge in [-0.25, -0.2) is 8.91 Å². The van der Waals surface area contributed by atoms with Gasteiger partial charge in [-0.3, -0.25) is 9.78 Å². The van der Waals surface area contributed by atoms with Gasteiger partial charge in [-0.1, -0.05) is 0 Å². The number of halogens is 1. The molecule has 1 saturated carbocycles. The minimum Gasteiger partial charge on any atom is -0.387 e. The average Bonchev–Trinajstić information content (AvgIpc) is 3.35. The number of hydrogen-bond acceptors (Lipinski definition) is 8. The van der Waals surface area contributed by atoms with E-state index in [2.05, 4.69) is 31.5 Å². The highest BCUT2D eigenvalue weighted by molar-refractivity contribution is 7.87. The maximum Gasteiger partial charge on any atom is 0.279 e. The van der Waals surface area contributed by atoms with Crippen molar-refractivity contribution in [3.63, 3.8) is 0 Å². The third kappa shape index (κ3) is 7.17. The number of nitrogens with one attached hydrogen (secondary N) is 3. The van der Waals surface area contributed by atoms with E-state index in [1.807, 2.05) is 12.1 Å². The lowest BCUT2D eigenvalue weighted by molar-refractivity contribution is -0.00177. The topological polar surface area (TPSA) is 165 Å². The predicted molar refractivity (Wildman–Crippen MR) is 152 cm³/mol. The van der Waals surface area contributed by atoms with E-state index < -0.39 is 27.9 Å². The van der Waals surface area contributed by atoms with Crippen molar-refractivity contribution in [2.75, 3.05) is 26.0 Å². The second-order valence-electron chi connectivity index (χ2n) is 11.0. The van der Waals surface area contributed by atoms with Crippen LogP contribution >= 0.6 is 0 Å². The molecule has 4 rings (SSSR count). The number of hydrogen-bond donors (Lipinski definition) is 4. The van der Waals surface area contributed by atoms with Crippen LogP contribution in [0.25, 0.3) is 16.9 Å². The minimum atomic E-state index is -3.54. The maximum absolute atomic E-state index is 14.3. The Morgan fingerprint density at radius 2 is 1.90 bits per heavy atom. The molecule has 41 heavy (non-hydrogen) atoms. The Kier molecular flexibility index (Phi) is 8.93. The molecule has 0 radical (unpaired) electrons. The maximum atomic E-state index is 14.3. The highest BCUT2D eigenvalue weighted by Crippen LogP contribution is 2.29. The molecule has 1 aliphatic rings. The summed E-state index contributed by atoms with van der Waals surface area (Å²) in [5, 5.41) is 29.4. The van der Waals surface area contributed by atoms with Crippen molar-refractivity contribution < 1.29 is 22.7 Å². The molecule has 1 fully saturated rings. The van der Waals surface area contributed by atoms with Crippen molar-refractivity contribution in [2.24, 2.45) is 0 Å². The van der Waals surface area contributed by atoms with Crippen LogP contribution in [0.4, 0.5) is 10.1 Å². The lowest BCUT2D eigenvalue weighted by Gasteiger charge is -2.31. The molecule has 0 aliphatic heterocycles. The monoisotopic (exact) mass is 586 g/mol. The summed E-state index contributed by atoms with van der Waals surface area (Å²) in [6.07, 6.45) is 3.70. The smallest absolute Gasteiger partial charge is 0.279 e. The van der Waals surface area contributed by atoms with Gasteiger partial charge < -0.3 is 15.7 Å². The van der Waals surface area contributed by atoms with Gasteiger partial charge in [0.15, 0.2) is 0 Å². The number of nitriles is 1. The molecule has 1 atom stereocenters. The van der Waals surface area contributed by atoms with E-state index in [-0.39, 0.29) is 24.2 Å². The molecular formula is C27H35FN8O4S. The molecule has 3 heterocycles. The number of aromatic nitrogens is 3. The van der Waals surface area contributed by atoms with Crippen LogP contribution < -0.4 is 15.4 Å². The SMILES string of the molecule is CN(C)S(=O)(=O)NC1CCC(Nc2cc(-c3ccc4cc(C#N)cnn34)ncc2C(=O)NCC(F)C(C)(C)O)CC1. The van der Waals surface area contributed by atoms with E-state index in [0.29, 0.717) is 53.8 Å². The molecule has 1 aliphatic carbocycles. The van der Waals surface area contributed by atoms with Crippen LogP contribution in [0.5, 0.6) is 0 Å². The highest BCUT2D eigenvalue weighted by Gasteiger charge is 2.29. The Morgan fingerprint density at radius 1 is 1.22 bits per heavy atom. The fourth-order valence-corrected chi connectivity index (χ4v) is 5.44. The standard InChI is InChI=1S/C27H35FN8O4S/c1-27(2,38)25(28)16-31-26(37)21-15-30-23(24-10-9-20-11-17(13-29)14-32-36(20)24)12-22(21)33-18-5-7-19(8-6-18)34-41(39,40)35(3)4/h9-12,14-15,18-19,25,34,38H,5-8,16H2,1-4H3,(H,30,33)(H,31,37). The minimum absolute atomic E-state index is 0.0532. The molecule has 12 nitrogen and oxygen atoms in total. The van der Waals surface area contributed by atoms with Crippen LogP contribution in [0.1, 0.15) is 55.5 Å². The fourth-order valence-electron chi connectivity index (χ4n) is 4.57. The van der Waals surface area contributed by atoms with Crippen molar-refractivity contribution in [3.05, 3.63) is 47.8 Å². The molecule has 220 valence electrons. The zero-order valence-electron chi connectivity index (χ0n) is 23.4. The van der Waals surface area contributed by atoms with Crippen molar-refractivity contribution in [1.29, 1.82) is 5.26 Å². The van der Waals surface area contributed by atoms with Crippen LogP contribution in [-0.2, 0) is 10.2 Å². The Bertz CT molecular complexity index is 1550. The summed E-state index contributed by atoms with van der Waals surface area (Å²) in [5.41, 5.74) is 1.36. The molecule has 4 N–H and O–H groups in total. The molecule has 3 aromatic rings. The van der Waals surface area contributed by atoms with Gasteiger partial charge in [0.2, 0.25) is 0 Å². The summed E-state index contributed by atoms with van der Waals surface area (Å²) in [6.45, 7) is 2.28. The van der Waals surface area contributed by atoms with Gasteiger partial charge in [0, 0.05) is 32.4 Å². The first-order valence-corrected chi connectivity index (χ1v) is 14.7. The van der Waals surface area contributed by atoms with Crippen LogP contribution in [0.3, 0.4) is 0 Å². The molecule has 0 bridgehead atoms. The Morgan fingerprint density at radius 3 is 2.54 bits per heavy atom. The second kappa shape index (κ2) is 12.1. The summed E-state index contributed by atoms with van der Waals surface area (Å²) in [6, 6.07) is 8.87. The van der Waals surface area contributed by atoms with Gasteiger partial charge in [-0.2, -0.15) is 27.8 Å². The average molecular weight is 587 g/mol. The molecule has 1 unspecified atom stereocenters. The summed E-state index contributed by atoms with van der Waals surface area (Å²) in [7, 11) is -0.594. The molecule has 14 heteroatoms. The van der Waals surface area contributed by atoms with Gasteiger partial charge in [-0.15, -0.1) is 0 Å². The molecule has 0 saturated heterocycles. The molecule has 1 amide bonds. The largest absolute Gasteiger partial charge is 0.387 e. The Hall–Kier alpha value is -3.64. The molecular weight excluding hydrogens is 551 g/mol. The fraction of sp³-hybridized carbons (Fsp3) is 0.481. The summed E-state index contributed by atoms with van der Waals surface area (Å²) in [4.78, 5) is 17.6. The highest BCUT2D eigenvalue weighted by atomic mass is 32.2. The van der Waals surface area contributed by atoms with E-state index in [9.17, 15) is 28.0 Å². The van der Waals surface area contributed by atoms with Gasteiger partial charge in [0.05, 0.1) is 52.1 Å². The van der Waals surface area contributed by atoms with Gasteiger partial charge in [-0.05, 0) is 63.8 Å². The zero-order valence-corrected chi connectivity index (χ0v) is 24.2. The second-order valence-corrected chi connectivity index (χ2v) is 12.9. The third-order valence-corrected chi connectivity index (χ3v) is 8.72. The van der Waals surface area contributed by atoms with Crippen molar-refractivity contribution in [3.8, 4) is 17.5 Å². The van der Waals surface area contributed by atoms with Crippen LogP contribution in [0, 0.1) is 11.3 Å². The quantitative estimate of drug-likeness (QED) is 0.281. The number of rotatable bonds is 10. The number of aliphatic hydroxyl groups is 1. The summed E-state index contributed by atoms with van der Waals surface area (Å²) < 4.78 is 44.3. The van der Waals surface area contributed by atoms with Gasteiger partial charge >= 0.3 is 0 Å². The number of nitrogens with zero attached hydrogens (tertiary/aromatic N) is 5. The molecule has 0 spiro atoms. The normalized spacial score (nSPS) is 18.7. The van der Waals surface area contributed by atoms with E-state index in [1.54, 1.807) is 16.6 Å². The lowest BCUT2D eigenvalue weighted by Crippen LogP contribution is -2.45. The summed E-state index contributed by atoms with van der Waals surface area (Å²) in [5.74, 6) is -0.553. The number of fused-ring (bicyclic) bond motifs is 1. The zero-order chi connectivity index (χ0) is 29.9. The van der Waals surface area contributed by atoms with Gasteiger partial charge in [0.25, 0.3) is 16.1 Å². The van der Waals surface area contributed by atoms with Crippen molar-refractivity contribution >= 4 is 27.3 Å². The first kappa shape index (κ1) is 30.3. The lowest BCUT2D eigenvalue weighted by atomic mass is 9.91. The number of anilines is 1. The number of alkyl halides is 1. The number of pyridine rings is 1. The Labute approximate surface area is 238 Å². The van der Waals surface area contributed by atoms with Crippen molar-refractivity contribution in [2.45, 2.75) is 63.4 Å². The Balaban J connectivity index is 1.58. The predicted octanol–water partition coefficient (Wildman–Crippen LogP) is 2.23. The van der Waals surface area contributed by atoms with E-state index >= 15 is 0 Å². The number of carbonyl (C=O) groups excluding carboxylic acids is 1. The number of amides is 1.